The van der Waals surface area contributed by atoms with E-state index in [2.05, 4.69) is 13.7 Å². The molecule has 0 aromatic rings. The summed E-state index contributed by atoms with van der Waals surface area (Å²) in [4.78, 5) is 31.7. The van der Waals surface area contributed by atoms with Gasteiger partial charge in [0, 0.05) is 0 Å². The molecular weight excluding hydrogens is 366 g/mol. The van der Waals surface area contributed by atoms with E-state index in [4.69, 9.17) is 5.11 Å². The standard InChI is InChI=1S/C10H14F2O11S/c1-5(2)24(19,20)23-8(17)9(11,12)10(18,22-4-14)6(15)7(16)21-3-13/h3-7,15-16,18H,1-2H3/t6-,7?,10-/m1/s1. The van der Waals surface area contributed by atoms with Crippen molar-refractivity contribution in [1.29, 1.82) is 0 Å². The summed E-state index contributed by atoms with van der Waals surface area (Å²) in [5.41, 5.74) is 0. The van der Waals surface area contributed by atoms with Crippen molar-refractivity contribution in [2.75, 3.05) is 0 Å². The Morgan fingerprint density at radius 2 is 1.67 bits per heavy atom. The first kappa shape index (κ1) is 22.1. The zero-order valence-corrected chi connectivity index (χ0v) is 13.0. The summed E-state index contributed by atoms with van der Waals surface area (Å²) < 4.78 is 61.5. The maximum atomic E-state index is 14.0. The second-order valence-electron chi connectivity index (χ2n) is 4.46. The lowest BCUT2D eigenvalue weighted by Gasteiger charge is -2.36. The molecule has 0 aromatic carbocycles. The first-order valence-electron chi connectivity index (χ1n) is 5.92. The molecule has 0 bridgehead atoms. The van der Waals surface area contributed by atoms with Gasteiger partial charge >= 0.3 is 27.8 Å². The Hall–Kier alpha value is -1.90. The Bertz CT molecular complexity index is 575. The van der Waals surface area contributed by atoms with Gasteiger partial charge in [0.2, 0.25) is 6.29 Å². The second-order valence-corrected chi connectivity index (χ2v) is 6.56. The van der Waals surface area contributed by atoms with Crippen LogP contribution < -0.4 is 0 Å². The molecule has 0 spiro atoms. The monoisotopic (exact) mass is 380 g/mol. The summed E-state index contributed by atoms with van der Waals surface area (Å²) >= 11 is 0. The summed E-state index contributed by atoms with van der Waals surface area (Å²) in [6.07, 6.45) is -6.13. The highest BCUT2D eigenvalue weighted by Gasteiger charge is 2.69. The van der Waals surface area contributed by atoms with Crippen LogP contribution in [0.4, 0.5) is 8.78 Å². The van der Waals surface area contributed by atoms with Gasteiger partial charge in [-0.05, 0) is 13.8 Å². The second kappa shape index (κ2) is 7.78. The molecule has 0 saturated carbocycles. The third-order valence-electron chi connectivity index (χ3n) is 2.57. The molecule has 0 amide bonds. The molecule has 11 nitrogen and oxygen atoms in total. The molecular formula is C10H14F2O11S. The van der Waals surface area contributed by atoms with Gasteiger partial charge in [0.1, 0.15) is 0 Å². The van der Waals surface area contributed by atoms with Gasteiger partial charge in [-0.1, -0.05) is 0 Å². The van der Waals surface area contributed by atoms with Gasteiger partial charge in [0.15, 0.2) is 6.10 Å². The average Bonchev–Trinajstić information content (AvgIpc) is 2.45. The fraction of sp³-hybridized carbons (Fsp3) is 0.700. The van der Waals surface area contributed by atoms with Crippen molar-refractivity contribution in [3.05, 3.63) is 0 Å². The molecule has 3 N–H and O–H groups in total. The molecule has 0 saturated heterocycles. The van der Waals surface area contributed by atoms with Gasteiger partial charge in [-0.2, -0.15) is 17.2 Å². The molecule has 3 atom stereocenters. The highest BCUT2D eigenvalue weighted by Crippen LogP contribution is 2.36. The smallest absolute Gasteiger partial charge is 0.410 e. The summed E-state index contributed by atoms with van der Waals surface area (Å²) in [6.45, 7) is 0.598. The van der Waals surface area contributed by atoms with Crippen LogP contribution in [0.25, 0.3) is 0 Å². The van der Waals surface area contributed by atoms with Crippen LogP contribution in [0.2, 0.25) is 0 Å². The van der Waals surface area contributed by atoms with Crippen LogP contribution in [0, 0.1) is 0 Å². The molecule has 1 unspecified atom stereocenters. The fourth-order valence-corrected chi connectivity index (χ4v) is 1.64. The van der Waals surface area contributed by atoms with E-state index in [0.29, 0.717) is 0 Å². The Balaban J connectivity index is 5.80. The maximum absolute atomic E-state index is 14.0. The number of halogens is 2. The summed E-state index contributed by atoms with van der Waals surface area (Å²) in [7, 11) is -4.83. The van der Waals surface area contributed by atoms with Gasteiger partial charge in [-0.15, -0.1) is 0 Å². The summed E-state index contributed by atoms with van der Waals surface area (Å²) in [6, 6.07) is 0. The number of carbonyl (C=O) groups is 3. The lowest BCUT2D eigenvalue weighted by atomic mass is 10.0. The van der Waals surface area contributed by atoms with Crippen LogP contribution in [0.15, 0.2) is 0 Å². The zero-order valence-electron chi connectivity index (χ0n) is 12.2. The third-order valence-corrected chi connectivity index (χ3v) is 4.11. The van der Waals surface area contributed by atoms with Crippen LogP contribution >= 0.6 is 0 Å². The maximum Gasteiger partial charge on any atom is 0.410 e. The van der Waals surface area contributed by atoms with Crippen LogP contribution in [0.3, 0.4) is 0 Å². The SMILES string of the molecule is CC(C)S(=O)(=O)OC(=O)C(F)(F)[C@](O)(OC=O)[C@H](O)C(O)OC=O. The van der Waals surface area contributed by atoms with Crippen LogP contribution in [0.1, 0.15) is 13.8 Å². The number of aliphatic hydroxyl groups excluding tert-OH is 2. The number of carbonyl (C=O) groups excluding carboxylic acids is 3. The molecule has 0 aliphatic heterocycles. The van der Waals surface area contributed by atoms with Crippen LogP contribution in [0.5, 0.6) is 0 Å². The molecule has 0 aromatic heterocycles. The summed E-state index contributed by atoms with van der Waals surface area (Å²) in [5, 5.41) is 26.6. The van der Waals surface area contributed by atoms with Crippen molar-refractivity contribution in [3.8, 4) is 0 Å². The number of alkyl halides is 2. The fourth-order valence-electron chi connectivity index (χ4n) is 1.13. The van der Waals surface area contributed by atoms with E-state index in [1.165, 1.54) is 0 Å². The lowest BCUT2D eigenvalue weighted by Crippen LogP contribution is -2.65. The van der Waals surface area contributed by atoms with Gasteiger partial charge in [0.25, 0.3) is 12.9 Å². The number of hydrogen-bond donors (Lipinski definition) is 3. The number of ether oxygens (including phenoxy) is 2. The largest absolute Gasteiger partial charge is 0.435 e. The van der Waals surface area contributed by atoms with Crippen molar-refractivity contribution in [2.45, 2.75) is 43.2 Å². The molecule has 0 rings (SSSR count). The van der Waals surface area contributed by atoms with E-state index in [1.54, 1.807) is 0 Å². The molecule has 0 aliphatic rings. The number of aliphatic hydroxyl groups is 3. The normalized spacial score (nSPS) is 17.3. The molecule has 0 fully saturated rings. The molecule has 0 heterocycles. The minimum atomic E-state index is -5.39. The van der Waals surface area contributed by atoms with E-state index in [1.807, 2.05) is 0 Å². The first-order chi connectivity index (χ1) is 10.8. The first-order valence-corrected chi connectivity index (χ1v) is 7.39. The van der Waals surface area contributed by atoms with Crippen molar-refractivity contribution < 1.29 is 60.6 Å². The van der Waals surface area contributed by atoms with E-state index in [0.717, 1.165) is 13.8 Å². The quantitative estimate of drug-likeness (QED) is 0.210. The van der Waals surface area contributed by atoms with E-state index < -0.39 is 58.4 Å². The predicted octanol–water partition coefficient (Wildman–Crippen LogP) is -2.38. The average molecular weight is 380 g/mol. The van der Waals surface area contributed by atoms with Crippen molar-refractivity contribution >= 4 is 29.0 Å². The van der Waals surface area contributed by atoms with E-state index in [-0.39, 0.29) is 0 Å². The van der Waals surface area contributed by atoms with E-state index in [9.17, 15) is 41.8 Å². The van der Waals surface area contributed by atoms with Crippen LogP contribution in [-0.2, 0) is 38.2 Å². The lowest BCUT2D eigenvalue weighted by molar-refractivity contribution is -0.349. The third kappa shape index (κ3) is 4.34. The summed E-state index contributed by atoms with van der Waals surface area (Å²) in [5.74, 6) is -12.8. The number of rotatable bonds is 10. The van der Waals surface area contributed by atoms with Crippen LogP contribution in [-0.4, -0.2) is 72.0 Å². The molecule has 14 heteroatoms. The van der Waals surface area contributed by atoms with Crippen molar-refractivity contribution in [3.63, 3.8) is 0 Å². The molecule has 0 radical (unpaired) electrons. The Labute approximate surface area is 133 Å². The molecule has 24 heavy (non-hydrogen) atoms. The minimum Gasteiger partial charge on any atom is -0.435 e. The Morgan fingerprint density at radius 3 is 2.04 bits per heavy atom. The molecule has 0 aliphatic carbocycles. The predicted molar refractivity (Wildman–Crippen MR) is 66.4 cm³/mol. The highest BCUT2D eigenvalue weighted by atomic mass is 32.2. The highest BCUT2D eigenvalue weighted by molar-refractivity contribution is 7.87. The van der Waals surface area contributed by atoms with E-state index >= 15 is 0 Å². The van der Waals surface area contributed by atoms with Gasteiger partial charge in [0.05, 0.1) is 5.25 Å². The number of hydrogen-bond acceptors (Lipinski definition) is 11. The van der Waals surface area contributed by atoms with Gasteiger partial charge in [-0.25, -0.2) is 4.79 Å². The topological polar surface area (TPSA) is 174 Å². The minimum absolute atomic E-state index is 0.519. The zero-order chi connectivity index (χ0) is 19.3. The molecule has 140 valence electrons. The van der Waals surface area contributed by atoms with Gasteiger partial charge in [-0.3, -0.25) is 9.59 Å². The Kier molecular flexibility index (Phi) is 7.16. The van der Waals surface area contributed by atoms with Crippen molar-refractivity contribution in [1.82, 2.24) is 0 Å². The Morgan fingerprint density at radius 1 is 1.17 bits per heavy atom. The van der Waals surface area contributed by atoms with Gasteiger partial charge < -0.3 is 29.0 Å². The van der Waals surface area contributed by atoms with Crippen molar-refractivity contribution in [2.24, 2.45) is 0 Å².